The third-order valence-electron chi connectivity index (χ3n) is 2.99. The van der Waals surface area contributed by atoms with Crippen molar-refractivity contribution >= 4 is 27.9 Å². The van der Waals surface area contributed by atoms with E-state index in [9.17, 15) is 14.9 Å². The van der Waals surface area contributed by atoms with Crippen LogP contribution in [0.25, 0.3) is 0 Å². The number of nitrogens with zero attached hydrogens (tertiary/aromatic N) is 1. The Morgan fingerprint density at radius 3 is 2.71 bits per heavy atom. The fraction of sp³-hybridized carbons (Fsp3) is 0.133. The van der Waals surface area contributed by atoms with E-state index in [4.69, 9.17) is 4.74 Å². The van der Waals surface area contributed by atoms with Gasteiger partial charge in [0.15, 0.2) is 6.29 Å². The van der Waals surface area contributed by atoms with E-state index in [-0.39, 0.29) is 12.3 Å². The number of halogens is 1. The highest BCUT2D eigenvalue weighted by Gasteiger charge is 2.11. The number of hydrogen-bond acceptors (Lipinski definition) is 4. The first-order valence-corrected chi connectivity index (χ1v) is 6.92. The standard InChI is InChI=1S/C15H12BrNO4/c1-10-3-2-4-11(8-18)15(10)21-9-12-5-6-13(17(19)20)7-14(12)16/h2-8H,9H2,1H3. The Bertz CT molecular complexity index is 700. The van der Waals surface area contributed by atoms with Crippen LogP contribution < -0.4 is 4.74 Å². The van der Waals surface area contributed by atoms with Crippen molar-refractivity contribution in [1.29, 1.82) is 0 Å². The van der Waals surface area contributed by atoms with Crippen molar-refractivity contribution in [3.8, 4) is 5.75 Å². The Balaban J connectivity index is 2.21. The molecule has 0 heterocycles. The molecule has 21 heavy (non-hydrogen) atoms. The molecule has 0 saturated heterocycles. The van der Waals surface area contributed by atoms with Gasteiger partial charge < -0.3 is 4.74 Å². The van der Waals surface area contributed by atoms with Crippen molar-refractivity contribution in [1.82, 2.24) is 0 Å². The minimum absolute atomic E-state index is 0.00935. The summed E-state index contributed by atoms with van der Waals surface area (Å²) in [7, 11) is 0. The Morgan fingerprint density at radius 1 is 1.33 bits per heavy atom. The molecule has 0 radical (unpaired) electrons. The zero-order chi connectivity index (χ0) is 15.4. The van der Waals surface area contributed by atoms with E-state index in [2.05, 4.69) is 15.9 Å². The first-order valence-electron chi connectivity index (χ1n) is 6.13. The fourth-order valence-electron chi connectivity index (χ4n) is 1.88. The van der Waals surface area contributed by atoms with E-state index < -0.39 is 4.92 Å². The number of ether oxygens (including phenoxy) is 1. The fourth-order valence-corrected chi connectivity index (χ4v) is 2.36. The molecule has 6 heteroatoms. The van der Waals surface area contributed by atoms with Gasteiger partial charge in [-0.05, 0) is 24.6 Å². The molecular weight excluding hydrogens is 338 g/mol. The highest BCUT2D eigenvalue weighted by atomic mass is 79.9. The van der Waals surface area contributed by atoms with E-state index >= 15 is 0 Å². The van der Waals surface area contributed by atoms with Crippen LogP contribution in [0, 0.1) is 17.0 Å². The van der Waals surface area contributed by atoms with E-state index in [1.807, 2.05) is 13.0 Å². The van der Waals surface area contributed by atoms with Gasteiger partial charge in [-0.25, -0.2) is 0 Å². The molecule has 2 aromatic rings. The summed E-state index contributed by atoms with van der Waals surface area (Å²) in [5.74, 6) is 0.526. The predicted molar refractivity (Wildman–Crippen MR) is 81.7 cm³/mol. The number of aldehydes is 1. The van der Waals surface area contributed by atoms with E-state index in [0.717, 1.165) is 17.4 Å². The van der Waals surface area contributed by atoms with Crippen LogP contribution in [0.15, 0.2) is 40.9 Å². The molecule has 0 aliphatic rings. The topological polar surface area (TPSA) is 69.4 Å². The summed E-state index contributed by atoms with van der Waals surface area (Å²) < 4.78 is 6.29. The summed E-state index contributed by atoms with van der Waals surface area (Å²) in [6, 6.07) is 9.79. The molecule has 0 saturated carbocycles. The first kappa shape index (κ1) is 15.2. The van der Waals surface area contributed by atoms with Gasteiger partial charge >= 0.3 is 0 Å². The van der Waals surface area contributed by atoms with Gasteiger partial charge in [0.25, 0.3) is 5.69 Å². The molecule has 0 aliphatic carbocycles. The van der Waals surface area contributed by atoms with Crippen molar-refractivity contribution < 1.29 is 14.5 Å². The average molecular weight is 350 g/mol. The van der Waals surface area contributed by atoms with Crippen molar-refractivity contribution in [2.45, 2.75) is 13.5 Å². The number of carbonyl (C=O) groups is 1. The summed E-state index contributed by atoms with van der Waals surface area (Å²) in [5, 5.41) is 10.7. The Labute approximate surface area is 129 Å². The molecule has 2 rings (SSSR count). The van der Waals surface area contributed by atoms with E-state index in [0.29, 0.717) is 15.8 Å². The number of para-hydroxylation sites is 1. The molecule has 108 valence electrons. The summed E-state index contributed by atoms with van der Waals surface area (Å²) in [6.07, 6.45) is 0.743. The van der Waals surface area contributed by atoms with Crippen LogP contribution in [0.2, 0.25) is 0 Å². The Kier molecular flexibility index (Phi) is 4.70. The maximum atomic E-state index is 11.0. The second-order valence-corrected chi connectivity index (χ2v) is 5.29. The summed E-state index contributed by atoms with van der Waals surface area (Å²) in [6.45, 7) is 2.07. The van der Waals surface area contributed by atoms with E-state index in [1.165, 1.54) is 12.1 Å². The molecular formula is C15H12BrNO4. The van der Waals surface area contributed by atoms with Crippen LogP contribution >= 0.6 is 15.9 Å². The number of carbonyl (C=O) groups excluding carboxylic acids is 1. The highest BCUT2D eigenvalue weighted by Crippen LogP contribution is 2.27. The van der Waals surface area contributed by atoms with E-state index in [1.54, 1.807) is 18.2 Å². The molecule has 5 nitrogen and oxygen atoms in total. The molecule has 0 amide bonds. The quantitative estimate of drug-likeness (QED) is 0.463. The maximum absolute atomic E-state index is 11.0. The predicted octanol–water partition coefficient (Wildman–Crippen LogP) is 4.06. The number of benzene rings is 2. The van der Waals surface area contributed by atoms with Crippen molar-refractivity contribution in [3.63, 3.8) is 0 Å². The van der Waals surface area contributed by atoms with Crippen LogP contribution in [0.5, 0.6) is 5.75 Å². The Morgan fingerprint density at radius 2 is 2.10 bits per heavy atom. The summed E-state index contributed by atoms with van der Waals surface area (Å²) >= 11 is 3.29. The molecule has 0 aromatic heterocycles. The number of non-ortho nitro benzene ring substituents is 1. The van der Waals surface area contributed by atoms with Gasteiger partial charge in [0.1, 0.15) is 12.4 Å². The second-order valence-electron chi connectivity index (χ2n) is 4.43. The normalized spacial score (nSPS) is 10.2. The SMILES string of the molecule is Cc1cccc(C=O)c1OCc1ccc([N+](=O)[O-])cc1Br. The van der Waals surface area contributed by atoms with Gasteiger partial charge in [-0.3, -0.25) is 14.9 Å². The van der Waals surface area contributed by atoms with Crippen LogP contribution in [-0.4, -0.2) is 11.2 Å². The molecule has 0 N–H and O–H groups in total. The lowest BCUT2D eigenvalue weighted by Crippen LogP contribution is -2.01. The average Bonchev–Trinajstić information content (AvgIpc) is 2.46. The van der Waals surface area contributed by atoms with Gasteiger partial charge in [0.05, 0.1) is 10.5 Å². The monoisotopic (exact) mass is 349 g/mol. The number of nitro benzene ring substituents is 1. The third kappa shape index (κ3) is 3.46. The number of hydrogen-bond donors (Lipinski definition) is 0. The van der Waals surface area contributed by atoms with Crippen LogP contribution in [-0.2, 0) is 6.61 Å². The van der Waals surface area contributed by atoms with Crippen molar-refractivity contribution in [2.24, 2.45) is 0 Å². The second kappa shape index (κ2) is 6.49. The smallest absolute Gasteiger partial charge is 0.270 e. The molecule has 0 aliphatic heterocycles. The first-order chi connectivity index (χ1) is 10.0. The molecule has 0 atom stereocenters. The highest BCUT2D eigenvalue weighted by molar-refractivity contribution is 9.10. The van der Waals surface area contributed by atoms with Gasteiger partial charge in [-0.2, -0.15) is 0 Å². The number of nitro groups is 1. The van der Waals surface area contributed by atoms with Crippen LogP contribution in [0.3, 0.4) is 0 Å². The van der Waals surface area contributed by atoms with Gasteiger partial charge in [-0.15, -0.1) is 0 Å². The van der Waals surface area contributed by atoms with Crippen molar-refractivity contribution in [2.75, 3.05) is 0 Å². The maximum Gasteiger partial charge on any atom is 0.270 e. The van der Waals surface area contributed by atoms with Crippen LogP contribution in [0.1, 0.15) is 21.5 Å². The molecule has 0 fully saturated rings. The summed E-state index contributed by atoms with van der Waals surface area (Å²) in [4.78, 5) is 21.2. The van der Waals surface area contributed by atoms with Gasteiger partial charge in [0.2, 0.25) is 0 Å². The lowest BCUT2D eigenvalue weighted by molar-refractivity contribution is -0.384. The lowest BCUT2D eigenvalue weighted by atomic mass is 10.1. The number of rotatable bonds is 5. The number of aryl methyl sites for hydroxylation is 1. The zero-order valence-corrected chi connectivity index (χ0v) is 12.8. The summed E-state index contributed by atoms with van der Waals surface area (Å²) in [5.41, 5.74) is 2.11. The lowest BCUT2D eigenvalue weighted by Gasteiger charge is -2.12. The van der Waals surface area contributed by atoms with Crippen molar-refractivity contribution in [3.05, 3.63) is 67.7 Å². The molecule has 0 bridgehead atoms. The zero-order valence-electron chi connectivity index (χ0n) is 11.2. The van der Waals surface area contributed by atoms with Crippen LogP contribution in [0.4, 0.5) is 5.69 Å². The molecule has 0 spiro atoms. The van der Waals surface area contributed by atoms with Gasteiger partial charge in [0, 0.05) is 22.2 Å². The minimum atomic E-state index is -0.457. The molecule has 0 unspecified atom stereocenters. The Hall–Kier alpha value is -2.21. The van der Waals surface area contributed by atoms with Gasteiger partial charge in [-0.1, -0.05) is 28.1 Å². The third-order valence-corrected chi connectivity index (χ3v) is 3.73. The minimum Gasteiger partial charge on any atom is -0.488 e. The molecule has 2 aromatic carbocycles. The largest absolute Gasteiger partial charge is 0.488 e.